The lowest BCUT2D eigenvalue weighted by molar-refractivity contribution is -0.135. The van der Waals surface area contributed by atoms with Crippen LogP contribution in [0.5, 0.6) is 0 Å². The van der Waals surface area contributed by atoms with Crippen molar-refractivity contribution in [1.29, 1.82) is 0 Å². The predicted molar refractivity (Wildman–Crippen MR) is 59.3 cm³/mol. The van der Waals surface area contributed by atoms with Crippen LogP contribution in [0.15, 0.2) is 12.7 Å². The quantitative estimate of drug-likeness (QED) is 0.684. The van der Waals surface area contributed by atoms with E-state index in [0.29, 0.717) is 18.9 Å². The minimum absolute atomic E-state index is 0.285. The monoisotopic (exact) mass is 231 g/mol. The van der Waals surface area contributed by atoms with Crippen LogP contribution in [0.4, 0.5) is 8.78 Å². The number of rotatable bonds is 3. The number of piperidine rings is 1. The summed E-state index contributed by atoms with van der Waals surface area (Å²) < 4.78 is 25.8. The number of carbonyl (C=O) groups is 1. The van der Waals surface area contributed by atoms with Gasteiger partial charge >= 0.3 is 0 Å². The first kappa shape index (κ1) is 13.1. The third kappa shape index (κ3) is 2.80. The van der Waals surface area contributed by atoms with E-state index in [1.165, 1.54) is 4.90 Å². The van der Waals surface area contributed by atoms with Crippen LogP contribution >= 0.6 is 0 Å². The van der Waals surface area contributed by atoms with Crippen molar-refractivity contribution in [1.82, 2.24) is 4.90 Å². The summed E-state index contributed by atoms with van der Waals surface area (Å²) in [7, 11) is 0. The van der Waals surface area contributed by atoms with Gasteiger partial charge in [0, 0.05) is 6.54 Å². The van der Waals surface area contributed by atoms with Gasteiger partial charge in [-0.05, 0) is 30.8 Å². The largest absolute Gasteiger partial charge is 0.330 e. The Morgan fingerprint density at radius 1 is 1.50 bits per heavy atom. The van der Waals surface area contributed by atoms with Gasteiger partial charge in [-0.1, -0.05) is 20.4 Å². The molecule has 1 fully saturated rings. The van der Waals surface area contributed by atoms with Crippen molar-refractivity contribution in [2.45, 2.75) is 39.2 Å². The second kappa shape index (κ2) is 5.41. The maximum atomic E-state index is 12.9. The van der Waals surface area contributed by atoms with Crippen LogP contribution < -0.4 is 0 Å². The third-order valence-corrected chi connectivity index (χ3v) is 3.38. The van der Waals surface area contributed by atoms with Gasteiger partial charge in [0.2, 0.25) is 5.91 Å². The maximum Gasteiger partial charge on any atom is 0.258 e. The van der Waals surface area contributed by atoms with E-state index in [4.69, 9.17) is 0 Å². The summed E-state index contributed by atoms with van der Waals surface area (Å²) in [6.07, 6.45) is -0.147. The molecule has 0 radical (unpaired) electrons. The van der Waals surface area contributed by atoms with Crippen molar-refractivity contribution in [3.8, 4) is 0 Å². The van der Waals surface area contributed by atoms with Crippen molar-refractivity contribution in [3.05, 3.63) is 12.7 Å². The van der Waals surface area contributed by atoms with E-state index in [1.54, 1.807) is 0 Å². The fourth-order valence-corrected chi connectivity index (χ4v) is 2.26. The number of likely N-dealkylation sites (tertiary alicyclic amines) is 1. The van der Waals surface area contributed by atoms with Gasteiger partial charge in [-0.2, -0.15) is 0 Å². The summed E-state index contributed by atoms with van der Waals surface area (Å²) >= 11 is 0. The van der Waals surface area contributed by atoms with Gasteiger partial charge in [-0.3, -0.25) is 4.79 Å². The highest BCUT2D eigenvalue weighted by Gasteiger charge is 2.36. The topological polar surface area (TPSA) is 20.3 Å². The molecule has 0 saturated carbocycles. The molecule has 0 spiro atoms. The second-order valence-corrected chi connectivity index (χ2v) is 4.67. The maximum absolute atomic E-state index is 12.9. The molecule has 2 nitrogen and oxygen atoms in total. The number of hydrogen-bond donors (Lipinski definition) is 0. The molecule has 0 bridgehead atoms. The summed E-state index contributed by atoms with van der Waals surface area (Å²) in [5, 5.41) is 0. The second-order valence-electron chi connectivity index (χ2n) is 4.67. The Morgan fingerprint density at radius 3 is 2.56 bits per heavy atom. The average molecular weight is 231 g/mol. The molecule has 1 amide bonds. The lowest BCUT2D eigenvalue weighted by atomic mass is 9.83. The Kier molecular flexibility index (Phi) is 4.44. The van der Waals surface area contributed by atoms with Crippen molar-refractivity contribution >= 4 is 5.91 Å². The van der Waals surface area contributed by atoms with Gasteiger partial charge in [0.15, 0.2) is 0 Å². The zero-order valence-corrected chi connectivity index (χ0v) is 9.83. The van der Waals surface area contributed by atoms with E-state index in [1.807, 2.05) is 13.8 Å². The van der Waals surface area contributed by atoms with Gasteiger partial charge in [0.25, 0.3) is 6.43 Å². The highest BCUT2D eigenvalue weighted by Crippen LogP contribution is 2.31. The number of alkyl halides is 2. The Labute approximate surface area is 95.3 Å². The summed E-state index contributed by atoms with van der Waals surface area (Å²) in [5.41, 5.74) is 0. The summed E-state index contributed by atoms with van der Waals surface area (Å²) in [4.78, 5) is 12.7. The summed E-state index contributed by atoms with van der Waals surface area (Å²) in [6.45, 7) is 7.85. The van der Waals surface area contributed by atoms with Gasteiger partial charge in [0.1, 0.15) is 0 Å². The van der Waals surface area contributed by atoms with Crippen LogP contribution in [-0.2, 0) is 4.79 Å². The van der Waals surface area contributed by atoms with Gasteiger partial charge in [0.05, 0.1) is 6.04 Å². The molecule has 0 aliphatic carbocycles. The Hall–Kier alpha value is -0.930. The first-order chi connectivity index (χ1) is 7.47. The van der Waals surface area contributed by atoms with Crippen LogP contribution in [0.2, 0.25) is 0 Å². The van der Waals surface area contributed by atoms with Gasteiger partial charge < -0.3 is 4.90 Å². The molecule has 0 aromatic carbocycles. The molecule has 1 rings (SSSR count). The predicted octanol–water partition coefficient (Wildman–Crippen LogP) is 2.70. The zero-order chi connectivity index (χ0) is 12.3. The lowest BCUT2D eigenvalue weighted by Crippen LogP contribution is -2.49. The van der Waals surface area contributed by atoms with E-state index in [-0.39, 0.29) is 11.8 Å². The van der Waals surface area contributed by atoms with Crippen molar-refractivity contribution in [2.75, 3.05) is 6.54 Å². The number of nitrogens with zero attached hydrogens (tertiary/aromatic N) is 1. The molecule has 1 heterocycles. The SMILES string of the molecule is C=CC(=O)N1CCC(C(C)C)CC1C(F)F. The highest BCUT2D eigenvalue weighted by atomic mass is 19.3. The minimum Gasteiger partial charge on any atom is -0.330 e. The Morgan fingerprint density at radius 2 is 2.12 bits per heavy atom. The minimum atomic E-state index is -2.47. The molecule has 0 aromatic rings. The van der Waals surface area contributed by atoms with E-state index < -0.39 is 12.5 Å². The smallest absolute Gasteiger partial charge is 0.258 e. The molecule has 4 heteroatoms. The van der Waals surface area contributed by atoms with Crippen molar-refractivity contribution in [3.63, 3.8) is 0 Å². The number of amides is 1. The molecule has 1 aliphatic heterocycles. The van der Waals surface area contributed by atoms with Crippen LogP contribution in [0.25, 0.3) is 0 Å². The molecule has 0 N–H and O–H groups in total. The Bertz CT molecular complexity index is 266. The molecular formula is C12H19F2NO. The van der Waals surface area contributed by atoms with E-state index in [9.17, 15) is 13.6 Å². The van der Waals surface area contributed by atoms with Crippen LogP contribution in [-0.4, -0.2) is 29.8 Å². The van der Waals surface area contributed by atoms with Crippen molar-refractivity contribution in [2.24, 2.45) is 11.8 Å². The molecule has 0 aromatic heterocycles. The van der Waals surface area contributed by atoms with Crippen LogP contribution in [0, 0.1) is 11.8 Å². The molecule has 92 valence electrons. The molecule has 2 unspecified atom stereocenters. The standard InChI is InChI=1S/C12H19F2NO/c1-4-11(16)15-6-5-9(8(2)3)7-10(15)12(13)14/h4,8-10,12H,1,5-7H2,2-3H3. The van der Waals surface area contributed by atoms with E-state index in [2.05, 4.69) is 6.58 Å². The van der Waals surface area contributed by atoms with Gasteiger partial charge in [-0.15, -0.1) is 0 Å². The zero-order valence-electron chi connectivity index (χ0n) is 9.83. The fourth-order valence-electron chi connectivity index (χ4n) is 2.26. The summed E-state index contributed by atoms with van der Waals surface area (Å²) in [6, 6.07) is -0.938. The lowest BCUT2D eigenvalue weighted by Gasteiger charge is -2.40. The van der Waals surface area contributed by atoms with Gasteiger partial charge in [-0.25, -0.2) is 8.78 Å². The van der Waals surface area contributed by atoms with Crippen molar-refractivity contribution < 1.29 is 13.6 Å². The number of carbonyl (C=O) groups excluding carboxylic acids is 1. The number of halogens is 2. The molecular weight excluding hydrogens is 212 g/mol. The highest BCUT2D eigenvalue weighted by molar-refractivity contribution is 5.87. The first-order valence-electron chi connectivity index (χ1n) is 5.68. The van der Waals surface area contributed by atoms with Crippen LogP contribution in [0.1, 0.15) is 26.7 Å². The number of hydrogen-bond acceptors (Lipinski definition) is 1. The Balaban J connectivity index is 2.75. The average Bonchev–Trinajstić information content (AvgIpc) is 2.26. The molecule has 1 saturated heterocycles. The summed E-state index contributed by atoms with van der Waals surface area (Å²) in [5.74, 6) is 0.294. The fraction of sp³-hybridized carbons (Fsp3) is 0.750. The molecule has 1 aliphatic rings. The third-order valence-electron chi connectivity index (χ3n) is 3.38. The molecule has 2 atom stereocenters. The van der Waals surface area contributed by atoms with E-state index >= 15 is 0 Å². The van der Waals surface area contributed by atoms with E-state index in [0.717, 1.165) is 12.5 Å². The molecule has 16 heavy (non-hydrogen) atoms. The normalized spacial score (nSPS) is 26.2. The first-order valence-corrected chi connectivity index (χ1v) is 5.68. The van der Waals surface area contributed by atoms with Crippen LogP contribution in [0.3, 0.4) is 0 Å².